The van der Waals surface area contributed by atoms with Gasteiger partial charge in [0.1, 0.15) is 35.2 Å². The van der Waals surface area contributed by atoms with E-state index in [9.17, 15) is 58.7 Å². The van der Waals surface area contributed by atoms with Crippen LogP contribution in [-0.2, 0) is 31.9 Å². The minimum atomic E-state index is -4.84. The highest BCUT2D eigenvalue weighted by atomic mass is 32.2. The summed E-state index contributed by atoms with van der Waals surface area (Å²) in [4.78, 5) is 74.1. The molecule has 0 bridgehead atoms. The molecular formula is C59H43F9N10O9S2. The first-order chi connectivity index (χ1) is 42.4. The quantitative estimate of drug-likeness (QED) is 0.0777. The summed E-state index contributed by atoms with van der Waals surface area (Å²) in [5, 5.41) is 7.25. The maximum absolute atomic E-state index is 14.7. The molecule has 2 aromatic heterocycles. The first-order valence-electron chi connectivity index (χ1n) is 26.2. The number of thioether (sulfide) groups is 2. The van der Waals surface area contributed by atoms with Crippen LogP contribution in [0.4, 0.5) is 60.5 Å². The van der Waals surface area contributed by atoms with Crippen LogP contribution in [0, 0.1) is 6.92 Å². The number of amides is 4. The van der Waals surface area contributed by atoms with Crippen LogP contribution in [-0.4, -0.2) is 109 Å². The average Bonchev–Trinajstić information content (AvgIpc) is 1.98. The van der Waals surface area contributed by atoms with Crippen LogP contribution in [0.5, 0.6) is 17.2 Å². The maximum Gasteiger partial charge on any atom is 0.573 e. The van der Waals surface area contributed by atoms with Crippen LogP contribution in [0.25, 0.3) is 40.2 Å². The lowest BCUT2D eigenvalue weighted by Gasteiger charge is -2.21. The summed E-state index contributed by atoms with van der Waals surface area (Å²) < 4.78 is 144. The molecule has 4 heterocycles. The van der Waals surface area contributed by atoms with Gasteiger partial charge in [0, 0.05) is 30.0 Å². The minimum Gasteiger partial charge on any atom is -0.497 e. The Morgan fingerprint density at radius 3 is 1.61 bits per heavy atom. The van der Waals surface area contributed by atoms with Gasteiger partial charge in [0.05, 0.1) is 48.8 Å². The number of hydrogen-bond acceptors (Lipinski definition) is 15. The molecule has 1 atom stereocenters. The molecule has 2 saturated heterocycles. The van der Waals surface area contributed by atoms with Gasteiger partial charge in [0.2, 0.25) is 5.91 Å². The lowest BCUT2D eigenvalue weighted by atomic mass is 10.0. The number of aliphatic imine (C=N–C) groups is 2. The highest BCUT2D eigenvalue weighted by molar-refractivity contribution is 8.16. The SMILES string of the molecule is COc1ccc(N2C(=O)C(c3ccc(/C=C/C(F)(F)F)c(N4C(=O)CSC4=NC(=O)OCCc4ccc(-c5ncn(-c6ccc(OC(F)(F)F)cc6)n5)cc4)c3)SC2=NC(=O)OCCc2ccc(-c3ncn(-c4ccc(OC(F)(F)F)cc4)n3)cc2)c(C)c1. The third kappa shape index (κ3) is 15.8. The van der Waals surface area contributed by atoms with Crippen molar-refractivity contribution in [1.82, 2.24) is 29.5 Å². The molecule has 0 spiro atoms. The highest BCUT2D eigenvalue weighted by Crippen LogP contribution is 2.45. The van der Waals surface area contributed by atoms with Gasteiger partial charge in [-0.3, -0.25) is 19.4 Å². The topological polar surface area (TPSA) is 207 Å². The van der Waals surface area contributed by atoms with E-state index in [0.717, 1.165) is 64.3 Å². The molecule has 0 N–H and O–H groups in total. The summed E-state index contributed by atoms with van der Waals surface area (Å²) in [6.45, 7) is 1.35. The molecule has 0 aliphatic carbocycles. The molecule has 0 radical (unpaired) electrons. The summed E-state index contributed by atoms with van der Waals surface area (Å²) in [5.74, 6) is -1.27. The number of benzene rings is 6. The lowest BCUT2D eigenvalue weighted by molar-refractivity contribution is -0.275. The van der Waals surface area contributed by atoms with Gasteiger partial charge in [-0.15, -0.1) is 36.5 Å². The second kappa shape index (κ2) is 26.2. The van der Waals surface area contributed by atoms with Crippen LogP contribution in [0.2, 0.25) is 0 Å². The first-order valence-corrected chi connectivity index (χ1v) is 28.1. The van der Waals surface area contributed by atoms with Crippen LogP contribution < -0.4 is 24.0 Å². The van der Waals surface area contributed by atoms with Crippen molar-refractivity contribution in [2.24, 2.45) is 9.98 Å². The Balaban J connectivity index is 0.814. The normalized spacial score (nSPS) is 15.6. The van der Waals surface area contributed by atoms with Crippen molar-refractivity contribution < 1.29 is 82.4 Å². The Kier molecular flexibility index (Phi) is 18.3. The van der Waals surface area contributed by atoms with E-state index in [0.29, 0.717) is 56.7 Å². The van der Waals surface area contributed by atoms with Crippen molar-refractivity contribution >= 4 is 75.3 Å². The second-order valence-electron chi connectivity index (χ2n) is 19.1. The summed E-state index contributed by atoms with van der Waals surface area (Å²) in [6.07, 6.45) is -12.8. The number of rotatable bonds is 17. The molecule has 89 heavy (non-hydrogen) atoms. The fourth-order valence-corrected chi connectivity index (χ4v) is 10.8. The van der Waals surface area contributed by atoms with Crippen LogP contribution >= 0.6 is 23.5 Å². The van der Waals surface area contributed by atoms with Crippen molar-refractivity contribution in [1.29, 1.82) is 0 Å². The van der Waals surface area contributed by atoms with E-state index in [1.165, 1.54) is 76.5 Å². The number of alkyl halides is 9. The number of methoxy groups -OCH3 is 1. The number of aromatic nitrogens is 6. The number of aryl methyl sites for hydroxylation is 1. The van der Waals surface area contributed by atoms with Crippen LogP contribution in [0.3, 0.4) is 0 Å². The Bertz CT molecular complexity index is 4030. The lowest BCUT2D eigenvalue weighted by Crippen LogP contribution is -2.32. The number of carbonyl (C=O) groups is 4. The van der Waals surface area contributed by atoms with Gasteiger partial charge in [-0.25, -0.2) is 28.9 Å². The van der Waals surface area contributed by atoms with Crippen molar-refractivity contribution in [3.8, 4) is 51.4 Å². The summed E-state index contributed by atoms with van der Waals surface area (Å²) >= 11 is 1.66. The van der Waals surface area contributed by atoms with Gasteiger partial charge in [-0.1, -0.05) is 84.2 Å². The van der Waals surface area contributed by atoms with Gasteiger partial charge in [0.15, 0.2) is 22.0 Å². The molecule has 30 heteroatoms. The molecule has 1 unspecified atom stereocenters. The first kappa shape index (κ1) is 62.1. The Morgan fingerprint density at radius 2 is 1.12 bits per heavy atom. The van der Waals surface area contributed by atoms with Gasteiger partial charge in [-0.2, -0.15) is 23.2 Å². The number of nitrogens with zero attached hydrogens (tertiary/aromatic N) is 10. The molecule has 2 fully saturated rings. The molecule has 0 saturated carbocycles. The zero-order chi connectivity index (χ0) is 63.2. The highest BCUT2D eigenvalue weighted by Gasteiger charge is 2.43. The van der Waals surface area contributed by atoms with E-state index in [-0.39, 0.29) is 65.0 Å². The number of allylic oxidation sites excluding steroid dienone is 1. The number of carbonyl (C=O) groups excluding carboxylic acids is 4. The molecule has 2 aliphatic heterocycles. The van der Waals surface area contributed by atoms with E-state index in [1.54, 1.807) is 73.7 Å². The summed E-state index contributed by atoms with van der Waals surface area (Å²) in [6, 6.07) is 32.7. The zero-order valence-corrected chi connectivity index (χ0v) is 47.6. The average molecular weight is 1270 g/mol. The van der Waals surface area contributed by atoms with Gasteiger partial charge in [-0.05, 0) is 114 Å². The Morgan fingerprint density at radius 1 is 0.618 bits per heavy atom. The van der Waals surface area contributed by atoms with Crippen LogP contribution in [0.15, 0.2) is 162 Å². The van der Waals surface area contributed by atoms with Crippen LogP contribution in [0.1, 0.15) is 33.1 Å². The third-order valence-corrected chi connectivity index (χ3v) is 15.1. The van der Waals surface area contributed by atoms with Gasteiger partial charge in [0.25, 0.3) is 5.91 Å². The molecule has 4 amide bonds. The molecule has 6 aromatic carbocycles. The summed E-state index contributed by atoms with van der Waals surface area (Å²) in [5.41, 5.74) is 4.22. The van der Waals surface area contributed by atoms with Crippen molar-refractivity contribution in [2.75, 3.05) is 35.9 Å². The van der Waals surface area contributed by atoms with E-state index in [2.05, 4.69) is 39.6 Å². The largest absolute Gasteiger partial charge is 0.573 e. The predicted molar refractivity (Wildman–Crippen MR) is 309 cm³/mol. The fraction of sp³-hybridized carbons (Fsp3) is 0.186. The number of halogens is 9. The number of hydrogen-bond donors (Lipinski definition) is 0. The zero-order valence-electron chi connectivity index (χ0n) is 46.0. The van der Waals surface area contributed by atoms with Crippen molar-refractivity contribution in [3.63, 3.8) is 0 Å². The van der Waals surface area contributed by atoms with Crippen molar-refractivity contribution in [3.05, 3.63) is 180 Å². The Hall–Kier alpha value is -9.97. The Labute approximate surface area is 506 Å². The number of ether oxygens (including phenoxy) is 5. The molecule has 2 aliphatic rings. The van der Waals surface area contributed by atoms with E-state index in [1.807, 2.05) is 0 Å². The minimum absolute atomic E-state index is 0.0393. The van der Waals surface area contributed by atoms with Gasteiger partial charge >= 0.3 is 31.1 Å². The molecule has 19 nitrogen and oxygen atoms in total. The molecular weight excluding hydrogens is 1230 g/mol. The third-order valence-electron chi connectivity index (χ3n) is 13.0. The fourth-order valence-electron chi connectivity index (χ4n) is 8.87. The van der Waals surface area contributed by atoms with E-state index >= 15 is 0 Å². The van der Waals surface area contributed by atoms with Gasteiger partial charge < -0.3 is 23.7 Å². The molecule has 10 rings (SSSR count). The monoisotopic (exact) mass is 1270 g/mol. The summed E-state index contributed by atoms with van der Waals surface area (Å²) in [7, 11) is 1.45. The number of amidine groups is 2. The number of anilines is 2. The standard InChI is InChI=1S/C59H43F9N10O9S2/c1-34-29-45(83-2)21-22-46(34)78-52(80)49(89-54(78)72-56(82)85-28-25-36-5-9-39(10-6-36)51-70-33-76(74-51)42-15-19-44(20-16-42)87-59(66,67)68)40-12-11-37(23-26-57(60,61)62)47(30-40)77-48(79)31-88-53(77)71-55(81)84-27-24-35-3-7-38(8-4-35)50-69-32-75(73-50)41-13-17-43(18-14-41)86-58(63,64)65/h3-23,26,29-30,32-33,49H,24-25,27-28,31H2,1-2H3/b26-23+,71-53?,72-54?. The predicted octanol–water partition coefficient (Wildman–Crippen LogP) is 13.2. The van der Waals surface area contributed by atoms with Crippen molar-refractivity contribution in [2.45, 2.75) is 43.9 Å². The second-order valence-corrected chi connectivity index (χ2v) is 21.1. The molecule has 458 valence electrons. The molecule has 8 aromatic rings. The van der Waals surface area contributed by atoms with E-state index < -0.39 is 59.7 Å². The maximum atomic E-state index is 14.7. The van der Waals surface area contributed by atoms with E-state index in [4.69, 9.17) is 14.2 Å². The smallest absolute Gasteiger partial charge is 0.497 e.